The molecule has 1 heterocycles. The topological polar surface area (TPSA) is 54.3 Å². The predicted octanol–water partition coefficient (Wildman–Crippen LogP) is 4.93. The fourth-order valence-electron chi connectivity index (χ4n) is 3.62. The monoisotopic (exact) mass is 370 g/mol. The van der Waals surface area contributed by atoms with E-state index in [4.69, 9.17) is 0 Å². The maximum atomic E-state index is 11.6. The summed E-state index contributed by atoms with van der Waals surface area (Å²) in [6.45, 7) is 1.32. The lowest BCUT2D eigenvalue weighted by Crippen LogP contribution is -2.11. The SMILES string of the molecule is O=C(O)Cc1c(NCc2ccccc2)n(Cc2ccccc2)c2ccccc12. The fraction of sp³-hybridized carbons (Fsp3) is 0.125. The Balaban J connectivity index is 1.80. The first-order chi connectivity index (χ1) is 13.7. The summed E-state index contributed by atoms with van der Waals surface area (Å²) in [5.74, 6) is 0.0432. The first-order valence-corrected chi connectivity index (χ1v) is 9.36. The molecule has 0 saturated heterocycles. The number of aliphatic carboxylic acids is 1. The Morgan fingerprint density at radius 2 is 1.43 bits per heavy atom. The number of nitrogens with one attached hydrogen (secondary N) is 1. The van der Waals surface area contributed by atoms with Crippen LogP contribution < -0.4 is 5.32 Å². The fourth-order valence-corrected chi connectivity index (χ4v) is 3.62. The average molecular weight is 370 g/mol. The zero-order valence-corrected chi connectivity index (χ0v) is 15.5. The molecule has 0 saturated carbocycles. The van der Waals surface area contributed by atoms with E-state index in [2.05, 4.69) is 40.2 Å². The predicted molar refractivity (Wildman–Crippen MR) is 113 cm³/mol. The van der Waals surface area contributed by atoms with Gasteiger partial charge in [-0.1, -0.05) is 78.9 Å². The van der Waals surface area contributed by atoms with Crippen molar-refractivity contribution in [2.75, 3.05) is 5.32 Å². The number of carboxylic acid groups (broad SMARTS) is 1. The van der Waals surface area contributed by atoms with Crippen LogP contribution in [0.4, 0.5) is 5.82 Å². The standard InChI is InChI=1S/C24H22N2O2/c27-23(28)15-21-20-13-7-8-14-22(20)26(17-19-11-5-2-6-12-19)24(21)25-16-18-9-3-1-4-10-18/h1-14,25H,15-17H2,(H,27,28). The number of benzene rings is 3. The maximum absolute atomic E-state index is 11.6. The van der Waals surface area contributed by atoms with Crippen molar-refractivity contribution in [3.05, 3.63) is 102 Å². The minimum Gasteiger partial charge on any atom is -0.481 e. The molecule has 0 aliphatic rings. The van der Waals surface area contributed by atoms with Crippen LogP contribution in [0.1, 0.15) is 16.7 Å². The van der Waals surface area contributed by atoms with Gasteiger partial charge >= 0.3 is 5.97 Å². The minimum absolute atomic E-state index is 0.0145. The quantitative estimate of drug-likeness (QED) is 0.485. The van der Waals surface area contributed by atoms with Crippen molar-refractivity contribution in [3.8, 4) is 0 Å². The molecule has 0 aliphatic carbocycles. The molecule has 3 aromatic carbocycles. The largest absolute Gasteiger partial charge is 0.481 e. The Hall–Kier alpha value is -3.53. The van der Waals surface area contributed by atoms with Crippen molar-refractivity contribution in [2.45, 2.75) is 19.5 Å². The average Bonchev–Trinajstić information content (AvgIpc) is 3.00. The molecule has 0 amide bonds. The summed E-state index contributed by atoms with van der Waals surface area (Å²) in [7, 11) is 0. The first-order valence-electron chi connectivity index (χ1n) is 9.36. The number of anilines is 1. The van der Waals surface area contributed by atoms with E-state index in [1.54, 1.807) is 0 Å². The number of hydrogen-bond donors (Lipinski definition) is 2. The van der Waals surface area contributed by atoms with E-state index in [1.165, 1.54) is 5.56 Å². The molecule has 0 aliphatic heterocycles. The number of fused-ring (bicyclic) bond motifs is 1. The Kier molecular flexibility index (Phi) is 5.11. The van der Waals surface area contributed by atoms with Gasteiger partial charge in [0.05, 0.1) is 11.9 Å². The van der Waals surface area contributed by atoms with Crippen LogP contribution in [0.15, 0.2) is 84.9 Å². The second kappa shape index (κ2) is 8.01. The summed E-state index contributed by atoms with van der Waals surface area (Å²) < 4.78 is 2.19. The smallest absolute Gasteiger partial charge is 0.307 e. The van der Waals surface area contributed by atoms with Crippen molar-refractivity contribution in [1.82, 2.24) is 4.57 Å². The summed E-state index contributed by atoms with van der Waals surface area (Å²) >= 11 is 0. The van der Waals surface area contributed by atoms with Crippen molar-refractivity contribution in [2.24, 2.45) is 0 Å². The van der Waals surface area contributed by atoms with Gasteiger partial charge in [-0.15, -0.1) is 0 Å². The number of nitrogens with zero attached hydrogens (tertiary/aromatic N) is 1. The van der Waals surface area contributed by atoms with Crippen LogP contribution in [0.5, 0.6) is 0 Å². The highest BCUT2D eigenvalue weighted by atomic mass is 16.4. The third-order valence-corrected chi connectivity index (χ3v) is 4.89. The summed E-state index contributed by atoms with van der Waals surface area (Å²) in [4.78, 5) is 11.6. The van der Waals surface area contributed by atoms with Crippen LogP contribution in [-0.4, -0.2) is 15.6 Å². The molecule has 4 aromatic rings. The van der Waals surface area contributed by atoms with Gasteiger partial charge in [-0.05, 0) is 17.2 Å². The van der Waals surface area contributed by atoms with Gasteiger partial charge in [-0.2, -0.15) is 0 Å². The molecule has 0 fully saturated rings. The second-order valence-electron chi connectivity index (χ2n) is 6.83. The molecule has 4 nitrogen and oxygen atoms in total. The number of carboxylic acids is 1. The Bertz CT molecular complexity index is 1090. The van der Waals surface area contributed by atoms with Gasteiger partial charge in [0.1, 0.15) is 5.82 Å². The summed E-state index contributed by atoms with van der Waals surface area (Å²) in [6, 6.07) is 28.4. The molecule has 2 N–H and O–H groups in total. The minimum atomic E-state index is -0.828. The van der Waals surface area contributed by atoms with Gasteiger partial charge in [-0.3, -0.25) is 4.79 Å². The van der Waals surface area contributed by atoms with E-state index in [1.807, 2.05) is 54.6 Å². The van der Waals surface area contributed by atoms with Crippen LogP contribution in [0, 0.1) is 0 Å². The zero-order chi connectivity index (χ0) is 19.3. The molecule has 0 spiro atoms. The Labute approximate surface area is 164 Å². The van der Waals surface area contributed by atoms with Crippen molar-refractivity contribution < 1.29 is 9.90 Å². The molecule has 4 heteroatoms. The Morgan fingerprint density at radius 1 is 0.821 bits per heavy atom. The molecule has 0 bridgehead atoms. The molecule has 1 aromatic heterocycles. The number of aromatic nitrogens is 1. The van der Waals surface area contributed by atoms with E-state index in [0.29, 0.717) is 13.1 Å². The molecule has 28 heavy (non-hydrogen) atoms. The third-order valence-electron chi connectivity index (χ3n) is 4.89. The lowest BCUT2D eigenvalue weighted by atomic mass is 10.1. The van der Waals surface area contributed by atoms with Crippen molar-refractivity contribution >= 4 is 22.7 Å². The summed E-state index contributed by atoms with van der Waals surface area (Å²) in [5.41, 5.74) is 4.20. The zero-order valence-electron chi connectivity index (χ0n) is 15.5. The van der Waals surface area contributed by atoms with Crippen molar-refractivity contribution in [1.29, 1.82) is 0 Å². The van der Waals surface area contributed by atoms with E-state index >= 15 is 0 Å². The summed E-state index contributed by atoms with van der Waals surface area (Å²) in [6.07, 6.45) is -0.0145. The number of rotatable bonds is 7. The molecular formula is C24H22N2O2. The molecule has 140 valence electrons. The van der Waals surface area contributed by atoms with Crippen LogP contribution in [0.25, 0.3) is 10.9 Å². The first kappa shape index (κ1) is 17.9. The number of hydrogen-bond acceptors (Lipinski definition) is 2. The van der Waals surface area contributed by atoms with Crippen LogP contribution in [-0.2, 0) is 24.3 Å². The highest BCUT2D eigenvalue weighted by Gasteiger charge is 2.19. The number of para-hydroxylation sites is 1. The highest BCUT2D eigenvalue weighted by molar-refractivity contribution is 5.93. The van der Waals surface area contributed by atoms with E-state index in [9.17, 15) is 9.90 Å². The van der Waals surface area contributed by atoms with E-state index in [-0.39, 0.29) is 6.42 Å². The molecule has 0 radical (unpaired) electrons. The molecule has 4 rings (SSSR count). The maximum Gasteiger partial charge on any atom is 0.307 e. The van der Waals surface area contributed by atoms with Gasteiger partial charge in [0.25, 0.3) is 0 Å². The lowest BCUT2D eigenvalue weighted by molar-refractivity contribution is -0.136. The van der Waals surface area contributed by atoms with Crippen LogP contribution in [0.3, 0.4) is 0 Å². The molecule has 0 atom stereocenters. The van der Waals surface area contributed by atoms with Gasteiger partial charge in [0.15, 0.2) is 0 Å². The third kappa shape index (κ3) is 3.76. The number of carbonyl (C=O) groups is 1. The normalized spacial score (nSPS) is 10.9. The van der Waals surface area contributed by atoms with Crippen LogP contribution in [0.2, 0.25) is 0 Å². The van der Waals surface area contributed by atoms with Gasteiger partial charge in [0.2, 0.25) is 0 Å². The highest BCUT2D eigenvalue weighted by Crippen LogP contribution is 2.32. The molecule has 0 unspecified atom stereocenters. The van der Waals surface area contributed by atoms with E-state index in [0.717, 1.165) is 27.8 Å². The summed E-state index contributed by atoms with van der Waals surface area (Å²) in [5, 5.41) is 14.0. The van der Waals surface area contributed by atoms with E-state index < -0.39 is 5.97 Å². The van der Waals surface area contributed by atoms with Crippen molar-refractivity contribution in [3.63, 3.8) is 0 Å². The van der Waals surface area contributed by atoms with Gasteiger partial charge in [0, 0.05) is 24.0 Å². The second-order valence-corrected chi connectivity index (χ2v) is 6.83. The van der Waals surface area contributed by atoms with Gasteiger partial charge < -0.3 is 15.0 Å². The molecular weight excluding hydrogens is 348 g/mol. The Morgan fingerprint density at radius 3 is 2.11 bits per heavy atom. The lowest BCUT2D eigenvalue weighted by Gasteiger charge is -2.14. The van der Waals surface area contributed by atoms with Gasteiger partial charge in [-0.25, -0.2) is 0 Å². The van der Waals surface area contributed by atoms with Crippen LogP contribution >= 0.6 is 0 Å².